The Kier molecular flexibility index (Phi) is 6.36. The third-order valence-electron chi connectivity index (χ3n) is 5.83. The molecule has 0 saturated carbocycles. The minimum atomic E-state index is -0.430. The molecule has 2 heterocycles. The van der Waals surface area contributed by atoms with Crippen molar-refractivity contribution in [3.63, 3.8) is 0 Å². The van der Waals surface area contributed by atoms with Crippen molar-refractivity contribution in [1.29, 1.82) is 0 Å². The summed E-state index contributed by atoms with van der Waals surface area (Å²) in [5.41, 5.74) is 6.32. The van der Waals surface area contributed by atoms with Crippen molar-refractivity contribution in [3.05, 3.63) is 93.9 Å². The topological polar surface area (TPSA) is 80.6 Å². The van der Waals surface area contributed by atoms with Gasteiger partial charge in [0.2, 0.25) is 0 Å². The van der Waals surface area contributed by atoms with Crippen molar-refractivity contribution in [2.45, 2.75) is 34.2 Å². The van der Waals surface area contributed by atoms with Gasteiger partial charge in [-0.15, -0.1) is 0 Å². The number of aryl methyl sites for hydroxylation is 2. The first kappa shape index (κ1) is 23.0. The number of hydrogen-bond donors (Lipinski definition) is 1. The van der Waals surface area contributed by atoms with Crippen molar-refractivity contribution < 1.29 is 19.1 Å². The standard InChI is InChI=1S/C27H27N3O4/c1-5-34-26(32)21-10-12-23(13-11-21)30-18(3)14-22(19(30)4)15-24-25(31)29(27(33)28-24)16-20-8-6-17(2)7-9-20/h6-15H,5,16H2,1-4H3,(H,28,33)/b24-15+. The number of nitrogens with one attached hydrogen (secondary N) is 1. The summed E-state index contributed by atoms with van der Waals surface area (Å²) < 4.78 is 7.08. The second-order valence-electron chi connectivity index (χ2n) is 8.29. The van der Waals surface area contributed by atoms with Crippen LogP contribution in [0.25, 0.3) is 11.8 Å². The Hall–Kier alpha value is -4.13. The van der Waals surface area contributed by atoms with E-state index in [9.17, 15) is 14.4 Å². The van der Waals surface area contributed by atoms with Crippen molar-refractivity contribution in [1.82, 2.24) is 14.8 Å². The number of ether oxygens (including phenoxy) is 1. The van der Waals surface area contributed by atoms with Gasteiger partial charge in [0, 0.05) is 17.1 Å². The summed E-state index contributed by atoms with van der Waals surface area (Å²) in [7, 11) is 0. The van der Waals surface area contributed by atoms with Crippen LogP contribution in [0.5, 0.6) is 0 Å². The van der Waals surface area contributed by atoms with Gasteiger partial charge in [-0.05, 0) is 75.2 Å². The van der Waals surface area contributed by atoms with E-state index in [1.807, 2.05) is 67.8 Å². The fourth-order valence-corrected chi connectivity index (χ4v) is 4.04. The van der Waals surface area contributed by atoms with E-state index in [4.69, 9.17) is 4.74 Å². The molecular formula is C27H27N3O4. The fraction of sp³-hybridized carbons (Fsp3) is 0.222. The van der Waals surface area contributed by atoms with Gasteiger partial charge in [0.15, 0.2) is 0 Å². The van der Waals surface area contributed by atoms with E-state index in [1.165, 1.54) is 4.90 Å². The third-order valence-corrected chi connectivity index (χ3v) is 5.83. The molecule has 0 aliphatic carbocycles. The highest BCUT2D eigenvalue weighted by Crippen LogP contribution is 2.25. The second kappa shape index (κ2) is 9.39. The Labute approximate surface area is 198 Å². The lowest BCUT2D eigenvalue weighted by molar-refractivity contribution is -0.123. The third kappa shape index (κ3) is 4.50. The van der Waals surface area contributed by atoms with Crippen molar-refractivity contribution >= 4 is 24.0 Å². The van der Waals surface area contributed by atoms with Crippen LogP contribution in [-0.2, 0) is 16.1 Å². The number of rotatable bonds is 6. The van der Waals surface area contributed by atoms with Crippen LogP contribution in [-0.4, -0.2) is 34.0 Å². The molecule has 0 spiro atoms. The van der Waals surface area contributed by atoms with Crippen LogP contribution >= 0.6 is 0 Å². The molecule has 7 nitrogen and oxygen atoms in total. The average Bonchev–Trinajstić information content (AvgIpc) is 3.24. The molecular weight excluding hydrogens is 430 g/mol. The van der Waals surface area contributed by atoms with Crippen LogP contribution in [0.3, 0.4) is 0 Å². The summed E-state index contributed by atoms with van der Waals surface area (Å²) in [6, 6.07) is 16.4. The first-order valence-electron chi connectivity index (χ1n) is 11.1. The van der Waals surface area contributed by atoms with Gasteiger partial charge in [-0.3, -0.25) is 9.69 Å². The molecule has 174 valence electrons. The Morgan fingerprint density at radius 3 is 2.32 bits per heavy atom. The lowest BCUT2D eigenvalue weighted by Crippen LogP contribution is -2.30. The van der Waals surface area contributed by atoms with Crippen molar-refractivity contribution in [2.24, 2.45) is 0 Å². The summed E-state index contributed by atoms with van der Waals surface area (Å²) in [6.45, 7) is 8.22. The first-order valence-corrected chi connectivity index (χ1v) is 11.1. The van der Waals surface area contributed by atoms with Crippen LogP contribution in [0.4, 0.5) is 4.79 Å². The molecule has 3 amide bonds. The molecule has 1 aromatic heterocycles. The van der Waals surface area contributed by atoms with Gasteiger partial charge in [0.1, 0.15) is 5.70 Å². The van der Waals surface area contributed by atoms with Crippen molar-refractivity contribution in [3.8, 4) is 5.69 Å². The molecule has 1 aliphatic heterocycles. The minimum Gasteiger partial charge on any atom is -0.462 e. The molecule has 3 aromatic rings. The Balaban J connectivity index is 1.57. The number of esters is 1. The molecule has 4 rings (SSSR count). The zero-order valence-electron chi connectivity index (χ0n) is 19.7. The summed E-state index contributed by atoms with van der Waals surface area (Å²) in [5, 5.41) is 2.70. The minimum absolute atomic E-state index is 0.216. The predicted octanol–water partition coefficient (Wildman–Crippen LogP) is 4.67. The van der Waals surface area contributed by atoms with E-state index < -0.39 is 6.03 Å². The summed E-state index contributed by atoms with van der Waals surface area (Å²) in [6.07, 6.45) is 1.71. The molecule has 34 heavy (non-hydrogen) atoms. The van der Waals surface area contributed by atoms with Gasteiger partial charge in [-0.1, -0.05) is 29.8 Å². The van der Waals surface area contributed by atoms with Gasteiger partial charge >= 0.3 is 12.0 Å². The smallest absolute Gasteiger partial charge is 0.338 e. The molecule has 0 unspecified atom stereocenters. The highest BCUT2D eigenvalue weighted by atomic mass is 16.5. The number of benzene rings is 2. The van der Waals surface area contributed by atoms with Crippen molar-refractivity contribution in [2.75, 3.05) is 6.61 Å². The quantitative estimate of drug-likeness (QED) is 0.331. The maximum absolute atomic E-state index is 12.9. The van der Waals surface area contributed by atoms with E-state index in [0.29, 0.717) is 12.2 Å². The number of imide groups is 1. The molecule has 1 fully saturated rings. The van der Waals surface area contributed by atoms with Crippen LogP contribution in [0.2, 0.25) is 0 Å². The highest BCUT2D eigenvalue weighted by Gasteiger charge is 2.33. The maximum atomic E-state index is 12.9. The first-order chi connectivity index (χ1) is 16.3. The fourth-order valence-electron chi connectivity index (χ4n) is 4.04. The summed E-state index contributed by atoms with van der Waals surface area (Å²) >= 11 is 0. The second-order valence-corrected chi connectivity index (χ2v) is 8.29. The number of carbonyl (C=O) groups is 3. The number of aromatic nitrogens is 1. The Morgan fingerprint density at radius 1 is 1.00 bits per heavy atom. The van der Waals surface area contributed by atoms with Gasteiger partial charge in [-0.2, -0.15) is 0 Å². The molecule has 0 radical (unpaired) electrons. The SMILES string of the molecule is CCOC(=O)c1ccc(-n2c(C)cc(/C=C3/NC(=O)N(Cc4ccc(C)cc4)C3=O)c2C)cc1. The molecule has 7 heteroatoms. The van der Waals surface area contributed by atoms with Gasteiger partial charge in [-0.25, -0.2) is 9.59 Å². The Bertz CT molecular complexity index is 1280. The molecule has 1 N–H and O–H groups in total. The number of urea groups is 1. The number of nitrogens with zero attached hydrogens (tertiary/aromatic N) is 2. The zero-order chi connectivity index (χ0) is 24.4. The van der Waals surface area contributed by atoms with Gasteiger partial charge in [0.05, 0.1) is 18.7 Å². The zero-order valence-corrected chi connectivity index (χ0v) is 19.7. The van der Waals surface area contributed by atoms with E-state index in [2.05, 4.69) is 5.32 Å². The number of carbonyl (C=O) groups excluding carboxylic acids is 3. The lowest BCUT2D eigenvalue weighted by Gasteiger charge is -2.12. The van der Waals surface area contributed by atoms with Crippen LogP contribution in [0.1, 0.15) is 45.4 Å². The molecule has 1 saturated heterocycles. The monoisotopic (exact) mass is 457 g/mol. The highest BCUT2D eigenvalue weighted by molar-refractivity contribution is 6.14. The van der Waals surface area contributed by atoms with Gasteiger partial charge < -0.3 is 14.6 Å². The lowest BCUT2D eigenvalue weighted by atomic mass is 10.1. The average molecular weight is 458 g/mol. The molecule has 2 aromatic carbocycles. The normalized spacial score (nSPS) is 14.6. The van der Waals surface area contributed by atoms with E-state index >= 15 is 0 Å². The van der Waals surface area contributed by atoms with E-state index in [-0.39, 0.29) is 24.1 Å². The summed E-state index contributed by atoms with van der Waals surface area (Å²) in [5.74, 6) is -0.708. The largest absolute Gasteiger partial charge is 0.462 e. The molecule has 0 bridgehead atoms. The number of hydrogen-bond acceptors (Lipinski definition) is 4. The van der Waals surface area contributed by atoms with Gasteiger partial charge in [0.25, 0.3) is 5.91 Å². The maximum Gasteiger partial charge on any atom is 0.338 e. The summed E-state index contributed by atoms with van der Waals surface area (Å²) in [4.78, 5) is 38.6. The van der Waals surface area contributed by atoms with Crippen LogP contribution in [0.15, 0.2) is 60.3 Å². The van der Waals surface area contributed by atoms with E-state index in [1.54, 1.807) is 25.1 Å². The van der Waals surface area contributed by atoms with Crippen LogP contribution in [0, 0.1) is 20.8 Å². The Morgan fingerprint density at radius 2 is 1.68 bits per heavy atom. The number of amides is 3. The molecule has 0 atom stereocenters. The molecule has 1 aliphatic rings. The predicted molar refractivity (Wildman–Crippen MR) is 129 cm³/mol. The van der Waals surface area contributed by atoms with Crippen LogP contribution < -0.4 is 5.32 Å². The van der Waals surface area contributed by atoms with E-state index in [0.717, 1.165) is 33.8 Å².